The molecule has 2 N–H and O–H groups in total. The number of nitrogens with one attached hydrogen (secondary N) is 2. The van der Waals surface area contributed by atoms with Gasteiger partial charge in [0.05, 0.1) is 41.5 Å². The summed E-state index contributed by atoms with van der Waals surface area (Å²) >= 11 is 1.08. The topological polar surface area (TPSA) is 198 Å². The van der Waals surface area contributed by atoms with Gasteiger partial charge in [-0.2, -0.15) is 5.10 Å². The van der Waals surface area contributed by atoms with Crippen LogP contribution in [0.1, 0.15) is 93.0 Å². The first-order chi connectivity index (χ1) is 29.9. The van der Waals surface area contributed by atoms with Crippen LogP contribution >= 0.6 is 11.3 Å². The van der Waals surface area contributed by atoms with Crippen molar-refractivity contribution < 1.29 is 47.0 Å². The largest absolute Gasteiger partial charge is 0.490 e. The number of hydrogen-bond acceptors (Lipinski definition) is 13. The normalized spacial score (nSPS) is 19.1. The number of fused-ring (bicyclic) bond motifs is 4. The molecule has 5 aromatic rings. The number of carbonyl (C=O) groups is 6. The van der Waals surface area contributed by atoms with Crippen LogP contribution in [0.5, 0.6) is 5.75 Å². The Bertz CT molecular complexity index is 2770. The molecule has 5 aliphatic rings. The first-order valence-electron chi connectivity index (χ1n) is 20.2. The van der Waals surface area contributed by atoms with E-state index < -0.39 is 42.0 Å². The van der Waals surface area contributed by atoms with Gasteiger partial charge in [0.2, 0.25) is 17.7 Å². The number of alkyl halides is 2. The first kappa shape index (κ1) is 39.5. The van der Waals surface area contributed by atoms with Gasteiger partial charge in [-0.15, -0.1) is 0 Å². The van der Waals surface area contributed by atoms with Gasteiger partial charge in [-0.1, -0.05) is 11.3 Å². The van der Waals surface area contributed by atoms with E-state index in [2.05, 4.69) is 25.3 Å². The van der Waals surface area contributed by atoms with Crippen molar-refractivity contribution in [1.29, 1.82) is 0 Å². The van der Waals surface area contributed by atoms with Crippen LogP contribution in [0, 0.1) is 0 Å². The number of hydrogen-bond donors (Lipinski definition) is 2. The number of thiazole rings is 1. The third kappa shape index (κ3) is 6.73. The second kappa shape index (κ2) is 15.4. The number of ether oxygens (including phenoxy) is 2. The zero-order valence-corrected chi connectivity index (χ0v) is 33.9. The van der Waals surface area contributed by atoms with E-state index in [0.717, 1.165) is 40.3 Å². The number of rotatable bonds is 7. The number of halogens is 2. The number of nitrogens with zero attached hydrogens (tertiary/aromatic N) is 7. The summed E-state index contributed by atoms with van der Waals surface area (Å²) in [5, 5.41) is 10.2. The fraction of sp³-hybridized carbons (Fsp3) is 0.357. The zero-order valence-electron chi connectivity index (χ0n) is 33.1. The number of aromatic nitrogens is 4. The van der Waals surface area contributed by atoms with Gasteiger partial charge in [0.1, 0.15) is 33.8 Å². The van der Waals surface area contributed by atoms with Crippen LogP contribution in [-0.4, -0.2) is 104 Å². The highest BCUT2D eigenvalue weighted by molar-refractivity contribution is 7.21. The third-order valence-corrected chi connectivity index (χ3v) is 13.0. The highest BCUT2D eigenvalue weighted by atomic mass is 32.1. The Hall–Kier alpha value is -6.67. The van der Waals surface area contributed by atoms with Crippen molar-refractivity contribution in [2.75, 3.05) is 43.1 Å². The summed E-state index contributed by atoms with van der Waals surface area (Å²) in [5.41, 5.74) is 2.84. The van der Waals surface area contributed by atoms with Crippen LogP contribution in [-0.2, 0) is 32.1 Å². The summed E-state index contributed by atoms with van der Waals surface area (Å²) in [7, 11) is 0. The van der Waals surface area contributed by atoms with Gasteiger partial charge in [-0.3, -0.25) is 43.7 Å². The highest BCUT2D eigenvalue weighted by Gasteiger charge is 2.45. The molecule has 2 saturated heterocycles. The summed E-state index contributed by atoms with van der Waals surface area (Å²) in [6.07, 6.45) is 0.617. The minimum atomic E-state index is -2.90. The van der Waals surface area contributed by atoms with Crippen LogP contribution in [0.15, 0.2) is 42.6 Å². The molecule has 0 bridgehead atoms. The van der Waals surface area contributed by atoms with Crippen molar-refractivity contribution in [2.24, 2.45) is 0 Å². The molecule has 8 heterocycles. The van der Waals surface area contributed by atoms with E-state index in [0.29, 0.717) is 61.4 Å². The molecule has 3 aromatic heterocycles. The average Bonchev–Trinajstić information content (AvgIpc) is 3.94. The summed E-state index contributed by atoms with van der Waals surface area (Å²) < 4.78 is 43.9. The van der Waals surface area contributed by atoms with Gasteiger partial charge in [0.15, 0.2) is 5.82 Å². The van der Waals surface area contributed by atoms with E-state index in [9.17, 15) is 28.8 Å². The first-order valence-corrected chi connectivity index (χ1v) is 21.0. The lowest BCUT2D eigenvalue weighted by Gasteiger charge is -2.33. The molecule has 17 nitrogen and oxygen atoms in total. The highest BCUT2D eigenvalue weighted by Crippen LogP contribution is 2.47. The Labute approximate surface area is 355 Å². The zero-order chi connectivity index (χ0) is 43.0. The van der Waals surface area contributed by atoms with Crippen LogP contribution in [0.3, 0.4) is 0 Å². The lowest BCUT2D eigenvalue weighted by Crippen LogP contribution is -2.54. The Morgan fingerprint density at radius 1 is 0.952 bits per heavy atom. The van der Waals surface area contributed by atoms with E-state index in [-0.39, 0.29) is 75.4 Å². The Balaban J connectivity index is 0.925. The molecule has 62 heavy (non-hydrogen) atoms. The van der Waals surface area contributed by atoms with Crippen LogP contribution in [0.2, 0.25) is 0 Å². The lowest BCUT2D eigenvalue weighted by atomic mass is 10.0. The molecule has 0 radical (unpaired) electrons. The number of amides is 6. The number of carbonyl (C=O) groups excluding carboxylic acids is 6. The maximum absolute atomic E-state index is 15.1. The van der Waals surface area contributed by atoms with E-state index in [1.807, 2.05) is 4.90 Å². The minimum Gasteiger partial charge on any atom is -0.490 e. The van der Waals surface area contributed by atoms with Gasteiger partial charge in [0.25, 0.3) is 24.1 Å². The molecule has 0 aliphatic carbocycles. The number of piperidine rings is 1. The maximum Gasteiger partial charge on any atom is 0.264 e. The molecule has 1 unspecified atom stereocenters. The smallest absolute Gasteiger partial charge is 0.264 e. The SMILES string of the molecule is CC(=O)N1CCc2c(c(N3CCOc4cc(-c5nc6cc(C(=O)Nc7ccc8c(c7)C(=O)N(C7CCC(=O)NC7=O)C8=O)cnc6s5)c(C(F)F)cc43)nn2C2CCOCC2)C1. The summed E-state index contributed by atoms with van der Waals surface area (Å²) in [6.45, 7) is 4.28. The van der Waals surface area contributed by atoms with Gasteiger partial charge in [-0.25, -0.2) is 18.7 Å². The van der Waals surface area contributed by atoms with E-state index in [1.165, 1.54) is 43.5 Å². The molecular weight excluding hydrogens is 829 g/mol. The number of pyridine rings is 1. The summed E-state index contributed by atoms with van der Waals surface area (Å²) in [5.74, 6) is -2.31. The van der Waals surface area contributed by atoms with Crippen molar-refractivity contribution in [1.82, 2.24) is 34.9 Å². The van der Waals surface area contributed by atoms with Crippen molar-refractivity contribution in [2.45, 2.75) is 64.1 Å². The number of benzene rings is 2. The fourth-order valence-electron chi connectivity index (χ4n) is 8.82. The maximum atomic E-state index is 15.1. The van der Waals surface area contributed by atoms with Crippen molar-refractivity contribution in [3.05, 3.63) is 76.1 Å². The summed E-state index contributed by atoms with van der Waals surface area (Å²) in [4.78, 5) is 90.4. The van der Waals surface area contributed by atoms with Gasteiger partial charge >= 0.3 is 0 Å². The predicted molar refractivity (Wildman–Crippen MR) is 217 cm³/mol. The summed E-state index contributed by atoms with van der Waals surface area (Å²) in [6, 6.07) is 7.59. The van der Waals surface area contributed by atoms with Gasteiger partial charge in [-0.05, 0) is 55.7 Å². The lowest BCUT2D eigenvalue weighted by molar-refractivity contribution is -0.136. The third-order valence-electron chi connectivity index (χ3n) is 12.0. The van der Waals surface area contributed by atoms with E-state index >= 15 is 8.78 Å². The minimum absolute atomic E-state index is 0.00460. The molecule has 2 aromatic carbocycles. The number of imide groups is 2. The second-order valence-corrected chi connectivity index (χ2v) is 16.6. The van der Waals surface area contributed by atoms with Crippen molar-refractivity contribution >= 4 is 74.3 Å². The van der Waals surface area contributed by atoms with E-state index in [1.54, 1.807) is 11.0 Å². The van der Waals surface area contributed by atoms with Crippen molar-refractivity contribution in [3.63, 3.8) is 0 Å². The Kier molecular flexibility index (Phi) is 9.77. The molecule has 0 spiro atoms. The monoisotopic (exact) mass is 865 g/mol. The predicted octanol–water partition coefficient (Wildman–Crippen LogP) is 4.93. The molecule has 5 aliphatic heterocycles. The van der Waals surface area contributed by atoms with Crippen LogP contribution < -0.4 is 20.3 Å². The number of anilines is 3. The van der Waals surface area contributed by atoms with Crippen LogP contribution in [0.4, 0.5) is 26.0 Å². The molecule has 6 amide bonds. The molecule has 318 valence electrons. The van der Waals surface area contributed by atoms with Gasteiger partial charge < -0.3 is 24.6 Å². The van der Waals surface area contributed by atoms with Crippen LogP contribution in [0.25, 0.3) is 20.9 Å². The van der Waals surface area contributed by atoms with Gasteiger partial charge in [0, 0.05) is 73.8 Å². The van der Waals surface area contributed by atoms with Crippen molar-refractivity contribution in [3.8, 4) is 16.3 Å². The Morgan fingerprint density at radius 3 is 2.53 bits per heavy atom. The molecule has 20 heteroatoms. The Morgan fingerprint density at radius 2 is 1.76 bits per heavy atom. The quantitative estimate of drug-likeness (QED) is 0.210. The standard InChI is InChI=1S/C42H37F2N9O8S/c1-20(54)50-9-6-30-28(19-50)36(49-53(30)23-7-11-60-12-8-23)51-10-13-61-33-17-26(25(35(43)44)16-32(33)51)39-47-29-14-21(18-45-40(29)62-39)37(56)46-22-2-3-24-27(15-22)42(59)52(41(24)58)31-4-5-34(55)48-38(31)57/h2-3,14-18,23,31,35H,4-13,19H2,1H3,(H,46,56)(H,48,55,57). The molecule has 2 fully saturated rings. The average molecular weight is 866 g/mol. The molecule has 1 atom stereocenters. The molecule has 0 saturated carbocycles. The van der Waals surface area contributed by atoms with E-state index in [4.69, 9.17) is 14.6 Å². The molecule has 10 rings (SSSR count). The fourth-order valence-corrected chi connectivity index (χ4v) is 9.75. The molecular formula is C42H37F2N9O8S. The second-order valence-electron chi connectivity index (χ2n) is 15.7.